The van der Waals surface area contributed by atoms with Gasteiger partial charge in [-0.15, -0.1) is 0 Å². The molecule has 1 aromatic rings. The molecule has 0 aliphatic carbocycles. The molecule has 5 nitrogen and oxygen atoms in total. The quantitative estimate of drug-likeness (QED) is 0.903. The molecule has 0 unspecified atom stereocenters. The van der Waals surface area contributed by atoms with Gasteiger partial charge < -0.3 is 10.6 Å². The van der Waals surface area contributed by atoms with Crippen LogP contribution in [0.5, 0.6) is 0 Å². The lowest BCUT2D eigenvalue weighted by Gasteiger charge is -2.33. The van der Waals surface area contributed by atoms with Crippen molar-refractivity contribution in [3.63, 3.8) is 0 Å². The van der Waals surface area contributed by atoms with Crippen LogP contribution in [0.3, 0.4) is 0 Å². The number of nitrogens with zero attached hydrogens (tertiary/aromatic N) is 3. The van der Waals surface area contributed by atoms with Crippen molar-refractivity contribution in [2.75, 3.05) is 11.4 Å². The lowest BCUT2D eigenvalue weighted by Crippen LogP contribution is -2.52. The van der Waals surface area contributed by atoms with Crippen molar-refractivity contribution in [3.05, 3.63) is 17.5 Å². The van der Waals surface area contributed by atoms with Crippen LogP contribution in [0.15, 0.2) is 12.4 Å². The van der Waals surface area contributed by atoms with Crippen LogP contribution in [0.4, 0.5) is 19.0 Å². The first-order chi connectivity index (χ1) is 9.11. The number of anilines is 1. The van der Waals surface area contributed by atoms with Crippen molar-refractivity contribution in [1.29, 1.82) is 0 Å². The second-order valence-corrected chi connectivity index (χ2v) is 4.92. The van der Waals surface area contributed by atoms with Gasteiger partial charge in [-0.1, -0.05) is 25.4 Å². The van der Waals surface area contributed by atoms with Gasteiger partial charge in [0.25, 0.3) is 0 Å². The van der Waals surface area contributed by atoms with E-state index in [1.165, 1.54) is 6.20 Å². The highest BCUT2D eigenvalue weighted by Crippen LogP contribution is 2.25. The third kappa shape index (κ3) is 4.52. The van der Waals surface area contributed by atoms with E-state index in [0.29, 0.717) is 0 Å². The molecule has 0 saturated carbocycles. The molecular weight excluding hydrogens is 297 g/mol. The summed E-state index contributed by atoms with van der Waals surface area (Å²) in [6.45, 7) is 1.82. The summed E-state index contributed by atoms with van der Waals surface area (Å²) in [6.07, 6.45) is -2.23. The number of rotatable bonds is 5. The Balaban J connectivity index is 3.23. The van der Waals surface area contributed by atoms with Crippen LogP contribution < -0.4 is 10.6 Å². The number of halogens is 4. The van der Waals surface area contributed by atoms with Gasteiger partial charge in [-0.25, -0.2) is 4.98 Å². The molecule has 0 saturated heterocycles. The minimum atomic E-state index is -4.52. The molecule has 1 amide bonds. The number of carbonyl (C=O) groups is 1. The van der Waals surface area contributed by atoms with Crippen LogP contribution >= 0.6 is 11.6 Å². The molecule has 0 aliphatic rings. The smallest absolute Gasteiger partial charge is 0.368 e. The van der Waals surface area contributed by atoms with Gasteiger partial charge in [-0.3, -0.25) is 9.78 Å². The normalized spacial score (nSPS) is 13.3. The van der Waals surface area contributed by atoms with Crippen LogP contribution in [0.25, 0.3) is 0 Å². The van der Waals surface area contributed by atoms with E-state index in [1.807, 2.05) is 0 Å². The maximum absolute atomic E-state index is 12.7. The minimum Gasteiger partial charge on any atom is -0.368 e. The molecule has 0 radical (unpaired) electrons. The van der Waals surface area contributed by atoms with E-state index < -0.39 is 30.6 Å². The number of hydrogen-bond acceptors (Lipinski definition) is 4. The van der Waals surface area contributed by atoms with Crippen LogP contribution in [0.1, 0.15) is 13.8 Å². The first-order valence-electron chi connectivity index (χ1n) is 5.72. The number of nitrogens with two attached hydrogens (primary N) is 1. The molecule has 20 heavy (non-hydrogen) atoms. The Morgan fingerprint density at radius 2 is 2.05 bits per heavy atom. The monoisotopic (exact) mass is 310 g/mol. The fourth-order valence-electron chi connectivity index (χ4n) is 1.83. The third-order valence-corrected chi connectivity index (χ3v) is 2.68. The summed E-state index contributed by atoms with van der Waals surface area (Å²) in [4.78, 5) is 19.7. The van der Waals surface area contributed by atoms with Crippen molar-refractivity contribution < 1.29 is 18.0 Å². The summed E-state index contributed by atoms with van der Waals surface area (Å²) in [6, 6.07) is -1.16. The Hall–Kier alpha value is -1.57. The number of carbonyl (C=O) groups excluding carboxylic acids is 1. The SMILES string of the molecule is CC(C)[C@H](C(N)=O)N(CC(F)(F)F)c1cncc(Cl)n1. The zero-order valence-electron chi connectivity index (χ0n) is 10.9. The molecule has 1 atom stereocenters. The van der Waals surface area contributed by atoms with Crippen molar-refractivity contribution in [2.24, 2.45) is 11.7 Å². The fourth-order valence-corrected chi connectivity index (χ4v) is 1.97. The van der Waals surface area contributed by atoms with E-state index in [2.05, 4.69) is 9.97 Å². The Morgan fingerprint density at radius 1 is 1.45 bits per heavy atom. The van der Waals surface area contributed by atoms with Gasteiger partial charge in [0.15, 0.2) is 0 Å². The van der Waals surface area contributed by atoms with E-state index >= 15 is 0 Å². The summed E-state index contributed by atoms with van der Waals surface area (Å²) in [7, 11) is 0. The highest BCUT2D eigenvalue weighted by Gasteiger charge is 2.38. The lowest BCUT2D eigenvalue weighted by molar-refractivity contribution is -0.126. The predicted molar refractivity (Wildman–Crippen MR) is 68.3 cm³/mol. The number of aromatic nitrogens is 2. The molecule has 2 N–H and O–H groups in total. The second-order valence-electron chi connectivity index (χ2n) is 4.53. The number of alkyl halides is 3. The zero-order valence-corrected chi connectivity index (χ0v) is 11.6. The molecule has 0 aliphatic heterocycles. The summed E-state index contributed by atoms with van der Waals surface area (Å²) in [5, 5.41) is -0.0679. The molecule has 0 spiro atoms. The zero-order chi connectivity index (χ0) is 15.5. The topological polar surface area (TPSA) is 72.1 Å². The first-order valence-corrected chi connectivity index (χ1v) is 6.10. The van der Waals surface area contributed by atoms with Gasteiger partial charge in [0.1, 0.15) is 23.6 Å². The summed E-state index contributed by atoms with van der Waals surface area (Å²) >= 11 is 5.63. The largest absolute Gasteiger partial charge is 0.406 e. The van der Waals surface area contributed by atoms with Crippen molar-refractivity contribution in [1.82, 2.24) is 9.97 Å². The molecule has 1 heterocycles. The number of amides is 1. The molecule has 9 heteroatoms. The van der Waals surface area contributed by atoms with E-state index in [4.69, 9.17) is 17.3 Å². The Bertz CT molecular complexity index is 481. The molecule has 1 rings (SSSR count). The Morgan fingerprint density at radius 3 is 2.45 bits per heavy atom. The second kappa shape index (κ2) is 6.25. The first kappa shape index (κ1) is 16.5. The van der Waals surface area contributed by atoms with Crippen molar-refractivity contribution in [2.45, 2.75) is 26.1 Å². The van der Waals surface area contributed by atoms with Gasteiger partial charge in [-0.2, -0.15) is 13.2 Å². The molecule has 0 aromatic carbocycles. The third-order valence-electron chi connectivity index (χ3n) is 2.50. The maximum Gasteiger partial charge on any atom is 0.406 e. The molecule has 0 fully saturated rings. The average molecular weight is 311 g/mol. The highest BCUT2D eigenvalue weighted by atomic mass is 35.5. The minimum absolute atomic E-state index is 0.0679. The molecular formula is C11H14ClF3N4O. The van der Waals surface area contributed by atoms with Crippen LogP contribution in [-0.2, 0) is 4.79 Å². The molecule has 0 bridgehead atoms. The van der Waals surface area contributed by atoms with Crippen molar-refractivity contribution >= 4 is 23.3 Å². The summed E-state index contributed by atoms with van der Waals surface area (Å²) < 4.78 is 38.1. The van der Waals surface area contributed by atoms with Crippen LogP contribution in [0, 0.1) is 5.92 Å². The van der Waals surface area contributed by atoms with Gasteiger partial charge in [0, 0.05) is 0 Å². The standard InChI is InChI=1S/C11H14ClF3N4O/c1-6(2)9(10(16)20)19(5-11(13,14)15)8-4-17-3-7(12)18-8/h3-4,6,9H,5H2,1-2H3,(H2,16,20)/t9-/m1/s1. The van der Waals surface area contributed by atoms with Gasteiger partial charge >= 0.3 is 6.18 Å². The van der Waals surface area contributed by atoms with E-state index in [0.717, 1.165) is 11.1 Å². The summed E-state index contributed by atoms with van der Waals surface area (Å²) in [5.74, 6) is -1.45. The molecule has 112 valence electrons. The predicted octanol–water partition coefficient (Wildman–Crippen LogP) is 2.01. The number of hydrogen-bond donors (Lipinski definition) is 1. The lowest BCUT2D eigenvalue weighted by atomic mass is 10.0. The number of primary amides is 1. The highest BCUT2D eigenvalue weighted by molar-refractivity contribution is 6.29. The van der Waals surface area contributed by atoms with Gasteiger partial charge in [0.05, 0.1) is 12.4 Å². The van der Waals surface area contributed by atoms with E-state index in [9.17, 15) is 18.0 Å². The Labute approximate surface area is 118 Å². The maximum atomic E-state index is 12.7. The van der Waals surface area contributed by atoms with Gasteiger partial charge in [-0.05, 0) is 5.92 Å². The Kier molecular flexibility index (Phi) is 5.15. The average Bonchev–Trinajstić information content (AvgIpc) is 2.25. The van der Waals surface area contributed by atoms with E-state index in [1.54, 1.807) is 13.8 Å². The van der Waals surface area contributed by atoms with Crippen molar-refractivity contribution in [3.8, 4) is 0 Å². The molecule has 1 aromatic heterocycles. The van der Waals surface area contributed by atoms with Gasteiger partial charge in [0.2, 0.25) is 5.91 Å². The van der Waals surface area contributed by atoms with E-state index in [-0.39, 0.29) is 11.0 Å². The van der Waals surface area contributed by atoms with Crippen LogP contribution in [-0.4, -0.2) is 34.6 Å². The summed E-state index contributed by atoms with van der Waals surface area (Å²) in [5.41, 5.74) is 5.20. The van der Waals surface area contributed by atoms with Crippen LogP contribution in [0.2, 0.25) is 5.15 Å². The fraction of sp³-hybridized carbons (Fsp3) is 0.545.